The predicted octanol–water partition coefficient (Wildman–Crippen LogP) is 3.95. The van der Waals surface area contributed by atoms with Crippen LogP contribution in [0.4, 0.5) is 17.1 Å². The summed E-state index contributed by atoms with van der Waals surface area (Å²) in [5, 5.41) is 3.18. The van der Waals surface area contributed by atoms with Gasteiger partial charge in [0.05, 0.1) is 23.5 Å². The van der Waals surface area contributed by atoms with Crippen molar-refractivity contribution in [2.45, 2.75) is 6.92 Å². The SMILES string of the molecule is CCOC(=O)c1ccc(N)c(Nc2ccc(Br)cc2)c1. The maximum atomic E-state index is 11.7. The lowest BCUT2D eigenvalue weighted by atomic mass is 10.1. The summed E-state index contributed by atoms with van der Waals surface area (Å²) >= 11 is 3.38. The quantitative estimate of drug-likeness (QED) is 0.656. The molecule has 0 aliphatic carbocycles. The van der Waals surface area contributed by atoms with Crippen LogP contribution in [-0.4, -0.2) is 12.6 Å². The van der Waals surface area contributed by atoms with Crippen molar-refractivity contribution >= 4 is 39.0 Å². The van der Waals surface area contributed by atoms with Crippen LogP contribution < -0.4 is 11.1 Å². The highest BCUT2D eigenvalue weighted by Crippen LogP contribution is 2.25. The van der Waals surface area contributed by atoms with E-state index < -0.39 is 0 Å². The number of esters is 1. The molecule has 0 aliphatic rings. The Kier molecular flexibility index (Phi) is 4.63. The number of anilines is 3. The van der Waals surface area contributed by atoms with E-state index in [0.717, 1.165) is 10.2 Å². The molecule has 0 unspecified atom stereocenters. The van der Waals surface area contributed by atoms with Gasteiger partial charge < -0.3 is 15.8 Å². The smallest absolute Gasteiger partial charge is 0.338 e. The Hall–Kier alpha value is -2.01. The summed E-state index contributed by atoms with van der Waals surface area (Å²) in [4.78, 5) is 11.7. The fourth-order valence-electron chi connectivity index (χ4n) is 1.69. The van der Waals surface area contributed by atoms with E-state index in [1.807, 2.05) is 24.3 Å². The molecule has 20 heavy (non-hydrogen) atoms. The van der Waals surface area contributed by atoms with E-state index >= 15 is 0 Å². The Morgan fingerprint density at radius 1 is 1.25 bits per heavy atom. The molecular formula is C15H15BrN2O2. The molecule has 2 rings (SSSR count). The standard InChI is InChI=1S/C15H15BrN2O2/c1-2-20-15(19)10-3-8-13(17)14(9-10)18-12-6-4-11(16)5-7-12/h3-9,18H,2,17H2,1H3. The molecule has 4 nitrogen and oxygen atoms in total. The number of carbonyl (C=O) groups excluding carboxylic acids is 1. The van der Waals surface area contributed by atoms with Crippen molar-refractivity contribution in [1.29, 1.82) is 0 Å². The van der Waals surface area contributed by atoms with Crippen LogP contribution in [0.2, 0.25) is 0 Å². The molecule has 0 radical (unpaired) electrons. The van der Waals surface area contributed by atoms with Gasteiger partial charge in [0.25, 0.3) is 0 Å². The maximum Gasteiger partial charge on any atom is 0.338 e. The Morgan fingerprint density at radius 3 is 2.60 bits per heavy atom. The third-order valence-electron chi connectivity index (χ3n) is 2.69. The topological polar surface area (TPSA) is 64.3 Å². The van der Waals surface area contributed by atoms with Crippen molar-refractivity contribution in [1.82, 2.24) is 0 Å². The fourth-order valence-corrected chi connectivity index (χ4v) is 1.96. The monoisotopic (exact) mass is 334 g/mol. The molecular weight excluding hydrogens is 320 g/mol. The van der Waals surface area contributed by atoms with Gasteiger partial charge in [0.2, 0.25) is 0 Å². The average molecular weight is 335 g/mol. The van der Waals surface area contributed by atoms with Gasteiger partial charge in [-0.3, -0.25) is 0 Å². The lowest BCUT2D eigenvalue weighted by Crippen LogP contribution is -2.06. The zero-order valence-electron chi connectivity index (χ0n) is 11.0. The Morgan fingerprint density at radius 2 is 1.95 bits per heavy atom. The molecule has 3 N–H and O–H groups in total. The van der Waals surface area contributed by atoms with Crippen LogP contribution >= 0.6 is 15.9 Å². The van der Waals surface area contributed by atoms with Gasteiger partial charge in [-0.1, -0.05) is 15.9 Å². The van der Waals surface area contributed by atoms with E-state index in [4.69, 9.17) is 10.5 Å². The second-order valence-corrected chi connectivity index (χ2v) is 5.07. The molecule has 104 valence electrons. The largest absolute Gasteiger partial charge is 0.462 e. The Labute approximate surface area is 126 Å². The minimum atomic E-state index is -0.355. The van der Waals surface area contributed by atoms with Gasteiger partial charge in [0, 0.05) is 10.2 Å². The number of hydrogen-bond acceptors (Lipinski definition) is 4. The molecule has 0 aliphatic heterocycles. The van der Waals surface area contributed by atoms with Crippen LogP contribution in [0.3, 0.4) is 0 Å². The zero-order valence-corrected chi connectivity index (χ0v) is 12.6. The van der Waals surface area contributed by atoms with E-state index in [2.05, 4.69) is 21.2 Å². The van der Waals surface area contributed by atoms with Gasteiger partial charge in [-0.25, -0.2) is 4.79 Å². The number of nitrogens with two attached hydrogens (primary N) is 1. The van der Waals surface area contributed by atoms with Crippen LogP contribution in [-0.2, 0) is 4.74 Å². The summed E-state index contributed by atoms with van der Waals surface area (Å²) in [5.41, 5.74) is 8.53. The van der Waals surface area contributed by atoms with Gasteiger partial charge in [0.1, 0.15) is 0 Å². The van der Waals surface area contributed by atoms with Crippen molar-refractivity contribution in [2.75, 3.05) is 17.7 Å². The van der Waals surface area contributed by atoms with Crippen molar-refractivity contribution in [3.8, 4) is 0 Å². The van der Waals surface area contributed by atoms with E-state index in [-0.39, 0.29) is 5.97 Å². The molecule has 0 saturated heterocycles. The number of halogens is 1. The van der Waals surface area contributed by atoms with Gasteiger partial charge in [0.15, 0.2) is 0 Å². The first-order valence-corrected chi connectivity index (χ1v) is 6.98. The summed E-state index contributed by atoms with van der Waals surface area (Å²) in [6.07, 6.45) is 0. The van der Waals surface area contributed by atoms with E-state index in [9.17, 15) is 4.79 Å². The molecule has 2 aromatic rings. The lowest BCUT2D eigenvalue weighted by molar-refractivity contribution is 0.0526. The van der Waals surface area contributed by atoms with E-state index in [1.54, 1.807) is 25.1 Å². The Balaban J connectivity index is 2.24. The van der Waals surface area contributed by atoms with Crippen molar-refractivity contribution in [3.63, 3.8) is 0 Å². The molecule has 5 heteroatoms. The summed E-state index contributed by atoms with van der Waals surface area (Å²) in [6, 6.07) is 12.7. The second kappa shape index (κ2) is 6.43. The van der Waals surface area contributed by atoms with Crippen LogP contribution in [0.15, 0.2) is 46.9 Å². The van der Waals surface area contributed by atoms with Crippen LogP contribution in [0, 0.1) is 0 Å². The fraction of sp³-hybridized carbons (Fsp3) is 0.133. The highest BCUT2D eigenvalue weighted by atomic mass is 79.9. The van der Waals surface area contributed by atoms with Gasteiger partial charge in [-0.2, -0.15) is 0 Å². The third-order valence-corrected chi connectivity index (χ3v) is 3.22. The molecule has 0 bridgehead atoms. The van der Waals surface area contributed by atoms with Crippen molar-refractivity contribution in [3.05, 3.63) is 52.5 Å². The lowest BCUT2D eigenvalue weighted by Gasteiger charge is -2.11. The molecule has 0 saturated carbocycles. The first-order chi connectivity index (χ1) is 9.60. The van der Waals surface area contributed by atoms with Gasteiger partial charge in [-0.05, 0) is 49.4 Å². The molecule has 0 spiro atoms. The van der Waals surface area contributed by atoms with Crippen molar-refractivity contribution < 1.29 is 9.53 Å². The minimum absolute atomic E-state index is 0.346. The zero-order chi connectivity index (χ0) is 14.5. The molecule has 0 amide bonds. The number of benzene rings is 2. The summed E-state index contributed by atoms with van der Waals surface area (Å²) < 4.78 is 5.97. The van der Waals surface area contributed by atoms with Gasteiger partial charge in [-0.15, -0.1) is 0 Å². The summed E-state index contributed by atoms with van der Waals surface area (Å²) in [6.45, 7) is 2.12. The summed E-state index contributed by atoms with van der Waals surface area (Å²) in [5.74, 6) is -0.355. The first kappa shape index (κ1) is 14.4. The number of rotatable bonds is 4. The van der Waals surface area contributed by atoms with Crippen LogP contribution in [0.5, 0.6) is 0 Å². The number of ether oxygens (including phenoxy) is 1. The van der Waals surface area contributed by atoms with Gasteiger partial charge >= 0.3 is 5.97 Å². The average Bonchev–Trinajstić information content (AvgIpc) is 2.44. The molecule has 0 aromatic heterocycles. The van der Waals surface area contributed by atoms with E-state index in [1.165, 1.54) is 0 Å². The molecule has 0 fully saturated rings. The highest BCUT2D eigenvalue weighted by Gasteiger charge is 2.09. The second-order valence-electron chi connectivity index (χ2n) is 4.15. The van der Waals surface area contributed by atoms with Crippen LogP contribution in [0.25, 0.3) is 0 Å². The maximum absolute atomic E-state index is 11.7. The summed E-state index contributed by atoms with van der Waals surface area (Å²) in [7, 11) is 0. The molecule has 2 aromatic carbocycles. The minimum Gasteiger partial charge on any atom is -0.462 e. The normalized spacial score (nSPS) is 10.1. The third kappa shape index (κ3) is 3.51. The number of nitrogen functional groups attached to an aromatic ring is 1. The number of carbonyl (C=O) groups is 1. The first-order valence-electron chi connectivity index (χ1n) is 6.19. The molecule has 0 atom stereocenters. The number of nitrogens with one attached hydrogen (secondary N) is 1. The molecule has 0 heterocycles. The predicted molar refractivity (Wildman–Crippen MR) is 84.2 cm³/mol. The number of hydrogen-bond donors (Lipinski definition) is 2. The van der Waals surface area contributed by atoms with Crippen LogP contribution in [0.1, 0.15) is 17.3 Å². The Bertz CT molecular complexity index is 612. The van der Waals surface area contributed by atoms with E-state index in [0.29, 0.717) is 23.5 Å². The highest BCUT2D eigenvalue weighted by molar-refractivity contribution is 9.10. The van der Waals surface area contributed by atoms with Crippen molar-refractivity contribution in [2.24, 2.45) is 0 Å².